The van der Waals surface area contributed by atoms with Crippen molar-refractivity contribution in [3.05, 3.63) is 40.2 Å². The van der Waals surface area contributed by atoms with Crippen molar-refractivity contribution in [3.8, 4) is 11.8 Å². The standard InChI is InChI=1S/C19H21N7O2/c1-28-13-7-5-12(6-8-13)23-24-16-15(21)14(11-20)18(27)26-17(16)22-19(25-26)9-3-2-4-10-19/h5-8,22,25H,2-4,9-10,21H2,1H3. The molecule has 1 aliphatic heterocycles. The van der Waals surface area contributed by atoms with E-state index in [-0.39, 0.29) is 16.9 Å². The number of methoxy groups -OCH3 is 1. The molecule has 1 saturated carbocycles. The molecule has 2 aliphatic rings. The zero-order valence-electron chi connectivity index (χ0n) is 15.5. The lowest BCUT2D eigenvalue weighted by Crippen LogP contribution is -2.46. The maximum Gasteiger partial charge on any atom is 0.290 e. The number of anilines is 2. The van der Waals surface area contributed by atoms with Gasteiger partial charge in [0.25, 0.3) is 5.56 Å². The monoisotopic (exact) mass is 379 g/mol. The molecule has 1 aliphatic carbocycles. The summed E-state index contributed by atoms with van der Waals surface area (Å²) in [6, 6.07) is 8.95. The maximum atomic E-state index is 12.7. The van der Waals surface area contributed by atoms with Crippen LogP contribution in [0, 0.1) is 11.3 Å². The van der Waals surface area contributed by atoms with Crippen molar-refractivity contribution in [2.75, 3.05) is 23.6 Å². The van der Waals surface area contributed by atoms with Crippen molar-refractivity contribution >= 4 is 22.9 Å². The Labute approximate surface area is 161 Å². The van der Waals surface area contributed by atoms with Crippen LogP contribution in [0.25, 0.3) is 0 Å². The van der Waals surface area contributed by atoms with Gasteiger partial charge in [-0.2, -0.15) is 10.4 Å². The van der Waals surface area contributed by atoms with Gasteiger partial charge in [-0.25, -0.2) is 4.68 Å². The molecular formula is C19H21N7O2. The average molecular weight is 379 g/mol. The highest BCUT2D eigenvalue weighted by molar-refractivity contribution is 5.81. The molecule has 0 unspecified atom stereocenters. The van der Waals surface area contributed by atoms with Gasteiger partial charge in [-0.1, -0.05) is 6.42 Å². The summed E-state index contributed by atoms with van der Waals surface area (Å²) in [5.74, 6) is 1.16. The zero-order chi connectivity index (χ0) is 19.7. The van der Waals surface area contributed by atoms with Crippen LogP contribution in [0.4, 0.5) is 22.9 Å². The first-order valence-corrected chi connectivity index (χ1v) is 9.18. The van der Waals surface area contributed by atoms with Gasteiger partial charge >= 0.3 is 0 Å². The smallest absolute Gasteiger partial charge is 0.290 e. The van der Waals surface area contributed by atoms with E-state index in [1.807, 2.05) is 6.07 Å². The third-order valence-electron chi connectivity index (χ3n) is 5.23. The average Bonchev–Trinajstić information content (AvgIpc) is 3.08. The zero-order valence-corrected chi connectivity index (χ0v) is 15.5. The number of hydrogen-bond donors (Lipinski definition) is 3. The molecule has 1 aromatic carbocycles. The van der Waals surface area contributed by atoms with Gasteiger partial charge < -0.3 is 15.8 Å². The van der Waals surface area contributed by atoms with Crippen LogP contribution in [-0.4, -0.2) is 17.4 Å². The first kappa shape index (κ1) is 17.9. The van der Waals surface area contributed by atoms with Crippen LogP contribution in [0.15, 0.2) is 39.3 Å². The number of aromatic nitrogens is 1. The van der Waals surface area contributed by atoms with Crippen LogP contribution < -0.4 is 26.8 Å². The van der Waals surface area contributed by atoms with Crippen LogP contribution in [0.3, 0.4) is 0 Å². The molecular weight excluding hydrogens is 358 g/mol. The second-order valence-corrected chi connectivity index (χ2v) is 7.02. The third-order valence-corrected chi connectivity index (χ3v) is 5.23. The minimum absolute atomic E-state index is 0.0261. The summed E-state index contributed by atoms with van der Waals surface area (Å²) in [5, 5.41) is 21.3. The summed E-state index contributed by atoms with van der Waals surface area (Å²) >= 11 is 0. The van der Waals surface area contributed by atoms with Gasteiger partial charge in [0.15, 0.2) is 11.5 Å². The van der Waals surface area contributed by atoms with E-state index < -0.39 is 11.2 Å². The molecule has 0 amide bonds. The number of rotatable bonds is 3. The quantitative estimate of drug-likeness (QED) is 0.701. The Morgan fingerprint density at radius 1 is 1.21 bits per heavy atom. The molecule has 4 N–H and O–H groups in total. The van der Waals surface area contributed by atoms with E-state index in [9.17, 15) is 10.1 Å². The number of nitrogen functional groups attached to an aromatic ring is 1. The Kier molecular flexibility index (Phi) is 4.39. The van der Waals surface area contributed by atoms with Crippen LogP contribution in [0.5, 0.6) is 5.75 Å². The van der Waals surface area contributed by atoms with Crippen LogP contribution >= 0.6 is 0 Å². The number of ether oxygens (including phenoxy) is 1. The Balaban J connectivity index is 1.77. The van der Waals surface area contributed by atoms with Crippen molar-refractivity contribution in [2.45, 2.75) is 37.8 Å². The topological polar surface area (TPSA) is 130 Å². The lowest BCUT2D eigenvalue weighted by atomic mass is 9.90. The van der Waals surface area contributed by atoms with Crippen molar-refractivity contribution in [1.82, 2.24) is 4.68 Å². The molecule has 4 rings (SSSR count). The minimum atomic E-state index is -0.478. The summed E-state index contributed by atoms with van der Waals surface area (Å²) in [6.45, 7) is 0. The Morgan fingerprint density at radius 3 is 2.57 bits per heavy atom. The van der Waals surface area contributed by atoms with Gasteiger partial charge in [-0.3, -0.25) is 10.2 Å². The number of nitriles is 1. The van der Waals surface area contributed by atoms with Crippen molar-refractivity contribution in [3.63, 3.8) is 0 Å². The summed E-state index contributed by atoms with van der Waals surface area (Å²) in [7, 11) is 1.59. The number of fused-ring (bicyclic) bond motifs is 1. The summed E-state index contributed by atoms with van der Waals surface area (Å²) in [4.78, 5) is 12.7. The van der Waals surface area contributed by atoms with Gasteiger partial charge in [-0.05, 0) is 49.9 Å². The first-order valence-electron chi connectivity index (χ1n) is 9.18. The summed E-state index contributed by atoms with van der Waals surface area (Å²) < 4.78 is 6.48. The maximum absolute atomic E-state index is 12.7. The molecule has 1 spiro atoms. The SMILES string of the molecule is COc1ccc(N=Nc2c(N)c(C#N)c(=O)n3c2NC2(CCCCC2)N3)cc1. The van der Waals surface area contributed by atoms with E-state index in [2.05, 4.69) is 21.0 Å². The fourth-order valence-electron chi connectivity index (χ4n) is 3.73. The number of nitrogens with two attached hydrogens (primary N) is 1. The number of benzene rings is 1. The molecule has 2 heterocycles. The Morgan fingerprint density at radius 2 is 1.93 bits per heavy atom. The number of nitrogens with one attached hydrogen (secondary N) is 2. The van der Waals surface area contributed by atoms with E-state index in [0.29, 0.717) is 17.3 Å². The van der Waals surface area contributed by atoms with E-state index in [0.717, 1.165) is 32.1 Å². The molecule has 0 saturated heterocycles. The molecule has 1 aromatic heterocycles. The molecule has 9 nitrogen and oxygen atoms in total. The third kappa shape index (κ3) is 2.93. The molecule has 9 heteroatoms. The molecule has 1 fully saturated rings. The van der Waals surface area contributed by atoms with Crippen LogP contribution in [-0.2, 0) is 0 Å². The molecule has 144 valence electrons. The highest BCUT2D eigenvalue weighted by Crippen LogP contribution is 2.41. The second kappa shape index (κ2) is 6.88. The van der Waals surface area contributed by atoms with E-state index in [1.165, 1.54) is 4.68 Å². The molecule has 2 aromatic rings. The summed E-state index contributed by atoms with van der Waals surface area (Å²) in [6.07, 6.45) is 4.99. The fourth-order valence-corrected chi connectivity index (χ4v) is 3.73. The van der Waals surface area contributed by atoms with Crippen molar-refractivity contribution in [2.24, 2.45) is 10.2 Å². The van der Waals surface area contributed by atoms with E-state index in [4.69, 9.17) is 10.5 Å². The predicted molar refractivity (Wildman–Crippen MR) is 106 cm³/mol. The molecule has 28 heavy (non-hydrogen) atoms. The lowest BCUT2D eigenvalue weighted by Gasteiger charge is -2.33. The van der Waals surface area contributed by atoms with Gasteiger partial charge in [0.1, 0.15) is 23.0 Å². The first-order chi connectivity index (χ1) is 13.6. The van der Waals surface area contributed by atoms with Gasteiger partial charge in [0.05, 0.1) is 18.5 Å². The largest absolute Gasteiger partial charge is 0.497 e. The highest BCUT2D eigenvalue weighted by atomic mass is 16.5. The number of pyridine rings is 1. The number of hydrogen-bond acceptors (Lipinski definition) is 8. The normalized spacial score (nSPS) is 17.0. The molecule has 0 radical (unpaired) electrons. The highest BCUT2D eigenvalue weighted by Gasteiger charge is 2.40. The molecule has 0 atom stereocenters. The van der Waals surface area contributed by atoms with Gasteiger partial charge in [0, 0.05) is 0 Å². The van der Waals surface area contributed by atoms with Crippen molar-refractivity contribution in [1.29, 1.82) is 5.26 Å². The van der Waals surface area contributed by atoms with Crippen LogP contribution in [0.2, 0.25) is 0 Å². The second-order valence-electron chi connectivity index (χ2n) is 7.02. The lowest BCUT2D eigenvalue weighted by molar-refractivity contribution is 0.353. The number of nitrogens with zero attached hydrogens (tertiary/aromatic N) is 4. The fraction of sp³-hybridized carbons (Fsp3) is 0.368. The Bertz CT molecular complexity index is 1030. The van der Waals surface area contributed by atoms with Crippen molar-refractivity contribution < 1.29 is 4.74 Å². The number of azo groups is 1. The molecule has 0 bridgehead atoms. The van der Waals surface area contributed by atoms with Crippen LogP contribution in [0.1, 0.15) is 37.7 Å². The van der Waals surface area contributed by atoms with E-state index >= 15 is 0 Å². The van der Waals surface area contributed by atoms with Gasteiger partial charge in [-0.15, -0.1) is 5.11 Å². The summed E-state index contributed by atoms with van der Waals surface area (Å²) in [5.41, 5.74) is 9.22. The van der Waals surface area contributed by atoms with E-state index in [1.54, 1.807) is 31.4 Å². The van der Waals surface area contributed by atoms with Gasteiger partial charge in [0.2, 0.25) is 0 Å². The Hall–Kier alpha value is -3.54. The predicted octanol–water partition coefficient (Wildman–Crippen LogP) is 3.36. The minimum Gasteiger partial charge on any atom is -0.497 e.